The Hall–Kier alpha value is -2.56. The Morgan fingerprint density at radius 2 is 1.89 bits per heavy atom. The number of amides is 2. The lowest BCUT2D eigenvalue weighted by molar-refractivity contribution is -0.142. The molecular weight excluding hydrogens is 506 g/mol. The molecule has 2 fully saturated rings. The number of Topliss-reactive ketones (excluding diaryl/α,β-unsaturated/α-hetero) is 1. The fourth-order valence-corrected chi connectivity index (χ4v) is 6.39. The van der Waals surface area contributed by atoms with Crippen LogP contribution < -0.4 is 4.72 Å². The second-order valence-corrected chi connectivity index (χ2v) is 13.1. The molecule has 0 radical (unpaired) electrons. The number of nitrogens with zero attached hydrogens (tertiary/aromatic N) is 2. The summed E-state index contributed by atoms with van der Waals surface area (Å²) in [6.45, 7) is 0.0814. The van der Waals surface area contributed by atoms with Crippen molar-refractivity contribution in [3.05, 3.63) is 48.0 Å². The van der Waals surface area contributed by atoms with Gasteiger partial charge in [-0.3, -0.25) is 14.4 Å². The lowest BCUT2D eigenvalue weighted by Gasteiger charge is -2.29. The quantitative estimate of drug-likeness (QED) is 0.547. The molecule has 5 atom stereocenters. The molecule has 10 heteroatoms. The maximum absolute atomic E-state index is 13.8. The average molecular weight is 546 g/mol. The predicted octanol–water partition coefficient (Wildman–Crippen LogP) is 2.22. The maximum Gasteiger partial charge on any atom is 0.303 e. The van der Waals surface area contributed by atoms with Gasteiger partial charge in [-0.2, -0.15) is 12.7 Å². The zero-order valence-corrected chi connectivity index (χ0v) is 23.0. The Morgan fingerprint density at radius 1 is 1.16 bits per heavy atom. The molecule has 2 amide bonds. The van der Waals surface area contributed by atoms with E-state index >= 15 is 0 Å². The van der Waals surface area contributed by atoms with Crippen LogP contribution in [0.2, 0.25) is 0 Å². The first-order valence-electron chi connectivity index (χ1n) is 13.5. The number of nitrogens with one attached hydrogen (secondary N) is 1. The number of carbonyl (C=O) groups is 3. The summed E-state index contributed by atoms with van der Waals surface area (Å²) >= 11 is 0. The van der Waals surface area contributed by atoms with Crippen molar-refractivity contribution < 1.29 is 27.9 Å². The van der Waals surface area contributed by atoms with Gasteiger partial charge in [-0.25, -0.2) is 4.72 Å². The van der Waals surface area contributed by atoms with E-state index in [1.54, 1.807) is 0 Å². The van der Waals surface area contributed by atoms with E-state index in [-0.39, 0.29) is 42.9 Å². The number of allylic oxidation sites excluding steroid dienone is 2. The van der Waals surface area contributed by atoms with Gasteiger partial charge in [0.2, 0.25) is 11.8 Å². The standard InChI is InChI=1S/C28H39N3O6S/c1-30(2)38(36,37)29-27(35)28-17-22(28)14-10-5-3-4-9-13-21(15-20-11-7-6-8-12-20)26(34)31-19-23(32)16-24(31)25(33)18-28/h6-8,10-12,14,21-24,32H,3-5,9,13,15-19H2,1-2H3,(H,29,35)/b14-10-/t21-,22-,23-,24+,28-/m1/s1. The smallest absolute Gasteiger partial charge is 0.303 e. The molecule has 1 aromatic rings. The van der Waals surface area contributed by atoms with E-state index in [4.69, 9.17) is 0 Å². The zero-order valence-electron chi connectivity index (χ0n) is 22.2. The van der Waals surface area contributed by atoms with Crippen LogP contribution in [-0.2, 0) is 31.0 Å². The van der Waals surface area contributed by atoms with Gasteiger partial charge in [0.15, 0.2) is 5.78 Å². The van der Waals surface area contributed by atoms with Crippen LogP contribution in [0.4, 0.5) is 0 Å². The van der Waals surface area contributed by atoms with E-state index in [1.807, 2.05) is 42.5 Å². The fraction of sp³-hybridized carbons (Fsp3) is 0.607. The summed E-state index contributed by atoms with van der Waals surface area (Å²) in [6, 6.07) is 8.97. The summed E-state index contributed by atoms with van der Waals surface area (Å²) in [7, 11) is -1.36. The Morgan fingerprint density at radius 3 is 2.61 bits per heavy atom. The van der Waals surface area contributed by atoms with Gasteiger partial charge in [-0.05, 0) is 43.6 Å². The number of hydrogen-bond acceptors (Lipinski definition) is 6. The van der Waals surface area contributed by atoms with E-state index in [0.29, 0.717) is 19.3 Å². The number of aliphatic hydroxyl groups is 1. The van der Waals surface area contributed by atoms with Crippen molar-refractivity contribution in [2.24, 2.45) is 17.3 Å². The molecule has 2 N–H and O–H groups in total. The van der Waals surface area contributed by atoms with Crippen molar-refractivity contribution in [1.29, 1.82) is 0 Å². The van der Waals surface area contributed by atoms with E-state index < -0.39 is 33.7 Å². The van der Waals surface area contributed by atoms with Crippen LogP contribution in [-0.4, -0.2) is 73.1 Å². The lowest BCUT2D eigenvalue weighted by Crippen LogP contribution is -2.47. The molecule has 0 spiro atoms. The van der Waals surface area contributed by atoms with Crippen LogP contribution in [0.25, 0.3) is 0 Å². The number of carbonyl (C=O) groups excluding carboxylic acids is 3. The molecule has 1 aliphatic carbocycles. The first-order chi connectivity index (χ1) is 18.0. The predicted molar refractivity (Wildman–Crippen MR) is 143 cm³/mol. The van der Waals surface area contributed by atoms with Gasteiger partial charge < -0.3 is 10.0 Å². The molecule has 1 aromatic carbocycles. The molecule has 0 bridgehead atoms. The van der Waals surface area contributed by atoms with E-state index in [0.717, 1.165) is 35.6 Å². The monoisotopic (exact) mass is 545 g/mol. The third-order valence-electron chi connectivity index (χ3n) is 8.18. The Balaban J connectivity index is 1.60. The summed E-state index contributed by atoms with van der Waals surface area (Å²) in [6.07, 6.45) is 8.27. The van der Waals surface area contributed by atoms with Gasteiger partial charge in [0.1, 0.15) is 0 Å². The maximum atomic E-state index is 13.8. The third-order valence-corrected chi connectivity index (χ3v) is 9.58. The molecule has 0 unspecified atom stereocenters. The van der Waals surface area contributed by atoms with Gasteiger partial charge in [0.05, 0.1) is 17.6 Å². The molecule has 1 saturated carbocycles. The third kappa shape index (κ3) is 6.35. The minimum absolute atomic E-state index is 0.0814. The minimum Gasteiger partial charge on any atom is -0.391 e. The Kier molecular flexibility index (Phi) is 8.74. The molecule has 38 heavy (non-hydrogen) atoms. The van der Waals surface area contributed by atoms with Crippen molar-refractivity contribution in [3.63, 3.8) is 0 Å². The van der Waals surface area contributed by atoms with Crippen molar-refractivity contribution in [3.8, 4) is 0 Å². The molecule has 4 rings (SSSR count). The summed E-state index contributed by atoms with van der Waals surface area (Å²) in [5, 5.41) is 10.5. The zero-order chi connectivity index (χ0) is 27.5. The molecule has 2 aliphatic heterocycles. The number of hydrogen-bond donors (Lipinski definition) is 2. The largest absolute Gasteiger partial charge is 0.391 e. The highest BCUT2D eigenvalue weighted by Crippen LogP contribution is 2.57. The van der Waals surface area contributed by atoms with Gasteiger partial charge in [0, 0.05) is 39.4 Å². The molecule has 9 nitrogen and oxygen atoms in total. The second-order valence-electron chi connectivity index (χ2n) is 11.2. The highest BCUT2D eigenvalue weighted by Gasteiger charge is 2.61. The number of aliphatic hydroxyl groups excluding tert-OH is 1. The van der Waals surface area contributed by atoms with Crippen molar-refractivity contribution in [1.82, 2.24) is 13.9 Å². The van der Waals surface area contributed by atoms with Crippen LogP contribution in [0.1, 0.15) is 56.9 Å². The SMILES string of the molecule is CN(C)S(=O)(=O)NC(=O)[C@]12CC(=O)[C@@H]3C[C@@H](O)CN3C(=O)[C@@H](Cc3ccccc3)CCCCC/C=C\[C@@H]1C2. The van der Waals surface area contributed by atoms with Crippen molar-refractivity contribution in [2.75, 3.05) is 20.6 Å². The molecule has 1 saturated heterocycles. The average Bonchev–Trinajstić information content (AvgIpc) is 3.42. The van der Waals surface area contributed by atoms with Crippen LogP contribution in [0.15, 0.2) is 42.5 Å². The topological polar surface area (TPSA) is 124 Å². The van der Waals surface area contributed by atoms with Gasteiger partial charge >= 0.3 is 10.2 Å². The Bertz CT molecular complexity index is 1170. The van der Waals surface area contributed by atoms with E-state index in [2.05, 4.69) is 4.72 Å². The van der Waals surface area contributed by atoms with Crippen LogP contribution in [0.5, 0.6) is 0 Å². The van der Waals surface area contributed by atoms with Gasteiger partial charge in [-0.15, -0.1) is 0 Å². The molecule has 0 aromatic heterocycles. The summed E-state index contributed by atoms with van der Waals surface area (Å²) in [5.74, 6) is -1.71. The number of fused-ring (bicyclic) bond motifs is 2. The highest BCUT2D eigenvalue weighted by molar-refractivity contribution is 7.87. The fourth-order valence-electron chi connectivity index (χ4n) is 5.77. The van der Waals surface area contributed by atoms with E-state index in [9.17, 15) is 27.9 Å². The molecule has 208 valence electrons. The van der Waals surface area contributed by atoms with E-state index in [1.165, 1.54) is 19.0 Å². The van der Waals surface area contributed by atoms with Crippen LogP contribution >= 0.6 is 0 Å². The number of ketones is 1. The Labute approximate surface area is 225 Å². The summed E-state index contributed by atoms with van der Waals surface area (Å²) < 4.78 is 27.8. The van der Waals surface area contributed by atoms with Crippen molar-refractivity contribution >= 4 is 27.8 Å². The first-order valence-corrected chi connectivity index (χ1v) is 14.9. The molecular formula is C28H39N3O6S. The molecule has 2 heterocycles. The van der Waals surface area contributed by atoms with Crippen LogP contribution in [0, 0.1) is 17.3 Å². The summed E-state index contributed by atoms with van der Waals surface area (Å²) in [5.41, 5.74) is -0.129. The molecule has 3 aliphatic rings. The number of rotatable bonds is 5. The van der Waals surface area contributed by atoms with Crippen LogP contribution in [0.3, 0.4) is 0 Å². The highest BCUT2D eigenvalue weighted by atomic mass is 32.2. The minimum atomic E-state index is -4.02. The normalized spacial score (nSPS) is 31.6. The van der Waals surface area contributed by atoms with Crippen molar-refractivity contribution in [2.45, 2.75) is 69.9 Å². The van der Waals surface area contributed by atoms with Gasteiger partial charge in [0.25, 0.3) is 0 Å². The lowest BCUT2D eigenvalue weighted by atomic mass is 9.90. The number of benzene rings is 1. The first kappa shape index (κ1) is 28.4. The van der Waals surface area contributed by atoms with Gasteiger partial charge in [-0.1, -0.05) is 55.3 Å². The second kappa shape index (κ2) is 11.7. The summed E-state index contributed by atoms with van der Waals surface area (Å²) in [4.78, 5) is 42.3.